The summed E-state index contributed by atoms with van der Waals surface area (Å²) in [5, 5.41) is 2.73. The van der Waals surface area contributed by atoms with Crippen LogP contribution in [0.2, 0.25) is 0 Å². The van der Waals surface area contributed by atoms with Crippen LogP contribution in [0.25, 0.3) is 0 Å². The molecular formula is C21H25NO3S. The highest BCUT2D eigenvalue weighted by atomic mass is 32.2. The summed E-state index contributed by atoms with van der Waals surface area (Å²) in [6.45, 7) is 7.47. The molecule has 26 heavy (non-hydrogen) atoms. The van der Waals surface area contributed by atoms with Crippen molar-refractivity contribution in [1.29, 1.82) is 0 Å². The number of benzene rings is 2. The fraction of sp³-hybridized carbons (Fsp3) is 0.333. The van der Waals surface area contributed by atoms with Gasteiger partial charge in [0, 0.05) is 23.3 Å². The fourth-order valence-corrected chi connectivity index (χ4v) is 3.38. The number of amides is 1. The summed E-state index contributed by atoms with van der Waals surface area (Å²) in [5.41, 5.74) is 4.07. The summed E-state index contributed by atoms with van der Waals surface area (Å²) in [6.07, 6.45) is -0.00401. The maximum Gasteiger partial charge on any atom is 0.307 e. The number of ether oxygens (including phenoxy) is 1. The minimum atomic E-state index is -0.358. The van der Waals surface area contributed by atoms with E-state index in [0.717, 1.165) is 10.5 Å². The molecular weight excluding hydrogens is 346 g/mol. The molecule has 1 amide bonds. The molecule has 5 heteroatoms. The van der Waals surface area contributed by atoms with Gasteiger partial charge in [-0.1, -0.05) is 18.2 Å². The highest BCUT2D eigenvalue weighted by Crippen LogP contribution is 2.24. The largest absolute Gasteiger partial charge is 0.458 e. The molecule has 0 spiro atoms. The number of esters is 1. The van der Waals surface area contributed by atoms with E-state index in [-0.39, 0.29) is 18.0 Å². The van der Waals surface area contributed by atoms with Gasteiger partial charge in [0.2, 0.25) is 5.91 Å². The zero-order chi connectivity index (χ0) is 19.1. The Hall–Kier alpha value is -2.27. The Morgan fingerprint density at radius 3 is 2.58 bits per heavy atom. The van der Waals surface area contributed by atoms with E-state index in [2.05, 4.69) is 37.4 Å². The Labute approximate surface area is 159 Å². The van der Waals surface area contributed by atoms with Crippen LogP contribution < -0.4 is 5.32 Å². The molecule has 2 aromatic rings. The van der Waals surface area contributed by atoms with Crippen molar-refractivity contribution in [3.63, 3.8) is 0 Å². The summed E-state index contributed by atoms with van der Waals surface area (Å²) in [6, 6.07) is 13.7. The molecule has 1 N–H and O–H groups in total. The molecule has 2 aromatic carbocycles. The van der Waals surface area contributed by atoms with Crippen molar-refractivity contribution in [1.82, 2.24) is 0 Å². The van der Waals surface area contributed by atoms with E-state index in [0.29, 0.717) is 17.9 Å². The second kappa shape index (κ2) is 9.43. The van der Waals surface area contributed by atoms with Gasteiger partial charge in [-0.25, -0.2) is 0 Å². The molecule has 0 bridgehead atoms. The topological polar surface area (TPSA) is 55.4 Å². The zero-order valence-corrected chi connectivity index (χ0v) is 16.5. The molecule has 0 saturated heterocycles. The van der Waals surface area contributed by atoms with Crippen LogP contribution in [-0.4, -0.2) is 17.6 Å². The van der Waals surface area contributed by atoms with Crippen molar-refractivity contribution in [3.05, 3.63) is 59.2 Å². The zero-order valence-electron chi connectivity index (χ0n) is 15.7. The molecule has 4 nitrogen and oxygen atoms in total. The predicted molar refractivity (Wildman–Crippen MR) is 107 cm³/mol. The Bertz CT molecular complexity index is 789. The summed E-state index contributed by atoms with van der Waals surface area (Å²) < 4.78 is 5.51. The Kier molecular flexibility index (Phi) is 7.27. The van der Waals surface area contributed by atoms with E-state index < -0.39 is 0 Å². The van der Waals surface area contributed by atoms with Gasteiger partial charge in [-0.15, -0.1) is 11.8 Å². The monoisotopic (exact) mass is 371 g/mol. The second-order valence-corrected chi connectivity index (χ2v) is 7.45. The van der Waals surface area contributed by atoms with Crippen LogP contribution in [-0.2, 0) is 14.3 Å². The third-order valence-corrected chi connectivity index (χ3v) is 5.03. The number of hydrogen-bond donors (Lipinski definition) is 1. The van der Waals surface area contributed by atoms with E-state index in [1.807, 2.05) is 25.1 Å². The number of aryl methyl sites for hydroxylation is 2. The van der Waals surface area contributed by atoms with E-state index in [9.17, 15) is 9.59 Å². The molecule has 0 aromatic heterocycles. The van der Waals surface area contributed by atoms with Gasteiger partial charge in [0.15, 0.2) is 0 Å². The van der Waals surface area contributed by atoms with Gasteiger partial charge < -0.3 is 10.1 Å². The lowest BCUT2D eigenvalue weighted by Gasteiger charge is -2.15. The third kappa shape index (κ3) is 6.23. The summed E-state index contributed by atoms with van der Waals surface area (Å²) in [4.78, 5) is 24.4. The lowest BCUT2D eigenvalue weighted by atomic mass is 10.1. The van der Waals surface area contributed by atoms with E-state index in [1.54, 1.807) is 17.8 Å². The van der Waals surface area contributed by atoms with Crippen molar-refractivity contribution in [3.8, 4) is 0 Å². The van der Waals surface area contributed by atoms with Crippen molar-refractivity contribution < 1.29 is 14.3 Å². The smallest absolute Gasteiger partial charge is 0.307 e. The van der Waals surface area contributed by atoms with Gasteiger partial charge in [0.1, 0.15) is 6.10 Å². The van der Waals surface area contributed by atoms with Gasteiger partial charge in [0.25, 0.3) is 0 Å². The first-order chi connectivity index (χ1) is 12.3. The molecule has 0 fully saturated rings. The standard InChI is InChI=1S/C21H25NO3S/c1-14-8-9-20(12-15(14)2)26-11-10-21(24)25-16(3)18-6-5-7-19(13-18)22-17(4)23/h5-9,12-13,16H,10-11H2,1-4H3,(H,22,23)/t16-/m0/s1. The number of rotatable bonds is 7. The number of carbonyl (C=O) groups excluding carboxylic acids is 2. The fourth-order valence-electron chi connectivity index (χ4n) is 2.45. The van der Waals surface area contributed by atoms with Crippen molar-refractivity contribution in [2.45, 2.75) is 45.1 Å². The normalized spacial score (nSPS) is 11.7. The summed E-state index contributed by atoms with van der Waals surface area (Å²) in [7, 11) is 0. The molecule has 2 rings (SSSR count). The van der Waals surface area contributed by atoms with Crippen LogP contribution >= 0.6 is 11.8 Å². The first-order valence-electron chi connectivity index (χ1n) is 8.62. The average Bonchev–Trinajstić information content (AvgIpc) is 2.57. The van der Waals surface area contributed by atoms with Gasteiger partial charge in [-0.3, -0.25) is 9.59 Å². The number of nitrogens with one attached hydrogen (secondary N) is 1. The SMILES string of the molecule is CC(=O)Nc1cccc([C@H](C)OC(=O)CCSc2ccc(C)c(C)c2)c1. The van der Waals surface area contributed by atoms with Gasteiger partial charge in [-0.05, 0) is 61.7 Å². The number of anilines is 1. The van der Waals surface area contributed by atoms with Crippen molar-refractivity contribution in [2.24, 2.45) is 0 Å². The number of carbonyl (C=O) groups is 2. The van der Waals surface area contributed by atoms with Crippen LogP contribution in [0.4, 0.5) is 5.69 Å². The predicted octanol–water partition coefficient (Wildman–Crippen LogP) is 5.05. The van der Waals surface area contributed by atoms with Crippen LogP contribution in [0, 0.1) is 13.8 Å². The van der Waals surface area contributed by atoms with Crippen LogP contribution in [0.3, 0.4) is 0 Å². The van der Waals surface area contributed by atoms with Gasteiger partial charge >= 0.3 is 5.97 Å². The first kappa shape index (κ1) is 20.0. The maximum atomic E-state index is 12.1. The molecule has 0 unspecified atom stereocenters. The van der Waals surface area contributed by atoms with Crippen LogP contribution in [0.5, 0.6) is 0 Å². The second-order valence-electron chi connectivity index (χ2n) is 6.28. The minimum Gasteiger partial charge on any atom is -0.458 e. The molecule has 1 atom stereocenters. The highest BCUT2D eigenvalue weighted by Gasteiger charge is 2.12. The van der Waals surface area contributed by atoms with E-state index in [4.69, 9.17) is 4.74 Å². The van der Waals surface area contributed by atoms with Crippen LogP contribution in [0.1, 0.15) is 43.1 Å². The minimum absolute atomic E-state index is 0.129. The molecule has 0 aliphatic carbocycles. The highest BCUT2D eigenvalue weighted by molar-refractivity contribution is 7.99. The molecule has 0 saturated carbocycles. The Morgan fingerprint density at radius 1 is 1.12 bits per heavy atom. The first-order valence-corrected chi connectivity index (χ1v) is 9.61. The van der Waals surface area contributed by atoms with E-state index >= 15 is 0 Å². The Balaban J connectivity index is 1.83. The van der Waals surface area contributed by atoms with Crippen LogP contribution in [0.15, 0.2) is 47.4 Å². The molecule has 0 aliphatic rings. The molecule has 0 aliphatic heterocycles. The summed E-state index contributed by atoms with van der Waals surface area (Å²) >= 11 is 1.66. The number of hydrogen-bond acceptors (Lipinski definition) is 4. The van der Waals surface area contributed by atoms with Gasteiger partial charge in [0.05, 0.1) is 6.42 Å². The van der Waals surface area contributed by atoms with Crippen molar-refractivity contribution in [2.75, 3.05) is 11.1 Å². The van der Waals surface area contributed by atoms with Gasteiger partial charge in [-0.2, -0.15) is 0 Å². The van der Waals surface area contributed by atoms with E-state index in [1.165, 1.54) is 18.1 Å². The average molecular weight is 372 g/mol. The Morgan fingerprint density at radius 2 is 1.88 bits per heavy atom. The lowest BCUT2D eigenvalue weighted by Crippen LogP contribution is -2.10. The molecule has 0 radical (unpaired) electrons. The number of thioether (sulfide) groups is 1. The maximum absolute atomic E-state index is 12.1. The lowest BCUT2D eigenvalue weighted by molar-refractivity contribution is -0.148. The molecule has 138 valence electrons. The third-order valence-electron chi connectivity index (χ3n) is 4.04. The quantitative estimate of drug-likeness (QED) is 0.547. The summed E-state index contributed by atoms with van der Waals surface area (Å²) in [5.74, 6) is 0.328. The van der Waals surface area contributed by atoms with Crippen molar-refractivity contribution >= 4 is 29.3 Å². The molecule has 0 heterocycles.